The topological polar surface area (TPSA) is 70.8 Å². The molecule has 6 nitrogen and oxygen atoms in total. The maximum atomic E-state index is 11.7. The highest BCUT2D eigenvalue weighted by Gasteiger charge is 2.18. The summed E-state index contributed by atoms with van der Waals surface area (Å²) < 4.78 is 4.95. The molecule has 0 bridgehead atoms. The van der Waals surface area contributed by atoms with E-state index in [4.69, 9.17) is 10.5 Å². The minimum absolute atomic E-state index is 0.123. The smallest absolute Gasteiger partial charge is 0.234 e. The summed E-state index contributed by atoms with van der Waals surface area (Å²) in [4.78, 5) is 16.4. The molecule has 0 atom stereocenters. The van der Waals surface area contributed by atoms with Crippen LogP contribution in [0.2, 0.25) is 0 Å². The molecule has 1 amide bonds. The summed E-state index contributed by atoms with van der Waals surface area (Å²) in [5.74, 6) is 0.123. The Morgan fingerprint density at radius 3 is 2.50 bits per heavy atom. The lowest BCUT2D eigenvalue weighted by molar-refractivity contribution is -0.122. The molecule has 1 saturated heterocycles. The summed E-state index contributed by atoms with van der Waals surface area (Å²) in [6.07, 6.45) is 3.15. The Morgan fingerprint density at radius 2 is 1.85 bits per heavy atom. The zero-order chi connectivity index (χ0) is 14.6. The van der Waals surface area contributed by atoms with Gasteiger partial charge in [0.2, 0.25) is 5.91 Å². The average molecular weight is 286 g/mol. The van der Waals surface area contributed by atoms with Gasteiger partial charge in [0.05, 0.1) is 6.54 Å². The fraction of sp³-hybridized carbons (Fsp3) is 0.929. The van der Waals surface area contributed by atoms with E-state index >= 15 is 0 Å². The van der Waals surface area contributed by atoms with Gasteiger partial charge in [-0.3, -0.25) is 9.69 Å². The first-order chi connectivity index (χ1) is 9.76. The lowest BCUT2D eigenvalue weighted by atomic mass is 10.2. The first kappa shape index (κ1) is 17.4. The van der Waals surface area contributed by atoms with Crippen molar-refractivity contribution >= 4 is 5.91 Å². The van der Waals surface area contributed by atoms with Crippen molar-refractivity contribution in [3.8, 4) is 0 Å². The maximum absolute atomic E-state index is 11.7. The zero-order valence-electron chi connectivity index (χ0n) is 12.8. The number of methoxy groups -OCH3 is 1. The SMILES string of the molecule is COCCCNC(=O)CN1CCN(CCCCN)CC1. The number of piperazine rings is 1. The first-order valence-corrected chi connectivity index (χ1v) is 7.66. The number of amides is 1. The van der Waals surface area contributed by atoms with Crippen molar-refractivity contribution in [1.29, 1.82) is 0 Å². The molecule has 1 heterocycles. The molecular weight excluding hydrogens is 256 g/mol. The Morgan fingerprint density at radius 1 is 1.15 bits per heavy atom. The number of carbonyl (C=O) groups is 1. The molecule has 3 N–H and O–H groups in total. The molecule has 0 aromatic rings. The van der Waals surface area contributed by atoms with Crippen LogP contribution in [0.4, 0.5) is 0 Å². The summed E-state index contributed by atoms with van der Waals surface area (Å²) in [5.41, 5.74) is 5.50. The molecule has 1 rings (SSSR count). The van der Waals surface area contributed by atoms with Crippen molar-refractivity contribution in [3.05, 3.63) is 0 Å². The standard InChI is InChI=1S/C14H30N4O2/c1-20-12-4-6-16-14(19)13-18-10-8-17(9-11-18)7-3-2-5-15/h2-13,15H2,1H3,(H,16,19). The van der Waals surface area contributed by atoms with Crippen LogP contribution in [0, 0.1) is 0 Å². The normalized spacial score (nSPS) is 17.3. The van der Waals surface area contributed by atoms with Crippen LogP contribution in [0.5, 0.6) is 0 Å². The van der Waals surface area contributed by atoms with E-state index < -0.39 is 0 Å². The van der Waals surface area contributed by atoms with Crippen LogP contribution >= 0.6 is 0 Å². The fourth-order valence-corrected chi connectivity index (χ4v) is 2.35. The quantitative estimate of drug-likeness (QED) is 0.530. The summed E-state index contributed by atoms with van der Waals surface area (Å²) in [6, 6.07) is 0. The van der Waals surface area contributed by atoms with Crippen molar-refractivity contribution in [2.75, 3.05) is 66.1 Å². The second kappa shape index (κ2) is 11.0. The third kappa shape index (κ3) is 7.79. The summed E-state index contributed by atoms with van der Waals surface area (Å²) >= 11 is 0. The largest absolute Gasteiger partial charge is 0.385 e. The van der Waals surface area contributed by atoms with Crippen molar-refractivity contribution in [2.45, 2.75) is 19.3 Å². The Kier molecular flexibility index (Phi) is 9.57. The lowest BCUT2D eigenvalue weighted by Crippen LogP contribution is -2.49. The highest BCUT2D eigenvalue weighted by atomic mass is 16.5. The molecular formula is C14H30N4O2. The maximum Gasteiger partial charge on any atom is 0.234 e. The number of ether oxygens (including phenoxy) is 1. The van der Waals surface area contributed by atoms with E-state index in [0.29, 0.717) is 19.7 Å². The highest BCUT2D eigenvalue weighted by molar-refractivity contribution is 5.77. The van der Waals surface area contributed by atoms with Crippen LogP contribution < -0.4 is 11.1 Å². The van der Waals surface area contributed by atoms with Crippen LogP contribution in [0.1, 0.15) is 19.3 Å². The summed E-state index contributed by atoms with van der Waals surface area (Å²) in [6.45, 7) is 7.90. The van der Waals surface area contributed by atoms with E-state index in [9.17, 15) is 4.79 Å². The number of nitrogens with zero attached hydrogens (tertiary/aromatic N) is 2. The van der Waals surface area contributed by atoms with Gasteiger partial charge in [0.15, 0.2) is 0 Å². The average Bonchev–Trinajstić information content (AvgIpc) is 2.46. The first-order valence-electron chi connectivity index (χ1n) is 7.66. The molecule has 0 saturated carbocycles. The van der Waals surface area contributed by atoms with Crippen molar-refractivity contribution < 1.29 is 9.53 Å². The van der Waals surface area contributed by atoms with Crippen molar-refractivity contribution in [2.24, 2.45) is 5.73 Å². The summed E-state index contributed by atoms with van der Waals surface area (Å²) in [7, 11) is 1.68. The van der Waals surface area contributed by atoms with E-state index in [1.807, 2.05) is 0 Å². The molecule has 0 aliphatic carbocycles. The number of hydrogen-bond acceptors (Lipinski definition) is 5. The highest BCUT2D eigenvalue weighted by Crippen LogP contribution is 2.03. The minimum Gasteiger partial charge on any atom is -0.385 e. The third-order valence-corrected chi connectivity index (χ3v) is 3.61. The van der Waals surface area contributed by atoms with Gasteiger partial charge in [-0.2, -0.15) is 0 Å². The minimum atomic E-state index is 0.123. The lowest BCUT2D eigenvalue weighted by Gasteiger charge is -2.34. The van der Waals surface area contributed by atoms with Gasteiger partial charge in [-0.25, -0.2) is 0 Å². The predicted molar refractivity (Wildman–Crippen MR) is 80.7 cm³/mol. The molecule has 6 heteroatoms. The Bertz CT molecular complexity index is 256. The van der Waals surface area contributed by atoms with Gasteiger partial charge in [0, 0.05) is 46.4 Å². The van der Waals surface area contributed by atoms with Gasteiger partial charge < -0.3 is 20.7 Å². The molecule has 118 valence electrons. The van der Waals surface area contributed by atoms with Gasteiger partial charge in [0.1, 0.15) is 0 Å². The number of nitrogens with two attached hydrogens (primary N) is 1. The van der Waals surface area contributed by atoms with Crippen molar-refractivity contribution in [1.82, 2.24) is 15.1 Å². The molecule has 1 fully saturated rings. The number of unbranched alkanes of at least 4 members (excludes halogenated alkanes) is 1. The Balaban J connectivity index is 2.04. The number of nitrogens with one attached hydrogen (secondary N) is 1. The second-order valence-electron chi connectivity index (χ2n) is 5.31. The van der Waals surface area contributed by atoms with Crippen LogP contribution in [0.25, 0.3) is 0 Å². The Hall–Kier alpha value is -0.690. The van der Waals surface area contributed by atoms with Crippen LogP contribution in [-0.4, -0.2) is 81.8 Å². The number of hydrogen-bond donors (Lipinski definition) is 2. The van der Waals surface area contributed by atoms with E-state index in [2.05, 4.69) is 15.1 Å². The van der Waals surface area contributed by atoms with Gasteiger partial charge >= 0.3 is 0 Å². The number of rotatable bonds is 10. The monoisotopic (exact) mass is 286 g/mol. The van der Waals surface area contributed by atoms with E-state index in [-0.39, 0.29) is 5.91 Å². The van der Waals surface area contributed by atoms with Gasteiger partial charge in [-0.1, -0.05) is 0 Å². The third-order valence-electron chi connectivity index (χ3n) is 3.61. The molecule has 1 aliphatic heterocycles. The van der Waals surface area contributed by atoms with Gasteiger partial charge in [-0.05, 0) is 32.4 Å². The Labute approximate surface area is 122 Å². The zero-order valence-corrected chi connectivity index (χ0v) is 12.8. The molecule has 0 aromatic heterocycles. The van der Waals surface area contributed by atoms with Gasteiger partial charge in [-0.15, -0.1) is 0 Å². The molecule has 0 aromatic carbocycles. The summed E-state index contributed by atoms with van der Waals surface area (Å²) in [5, 5.41) is 2.93. The van der Waals surface area contributed by atoms with Crippen LogP contribution in [0.15, 0.2) is 0 Å². The van der Waals surface area contributed by atoms with Crippen LogP contribution in [-0.2, 0) is 9.53 Å². The molecule has 20 heavy (non-hydrogen) atoms. The molecule has 1 aliphatic rings. The predicted octanol–water partition coefficient (Wildman–Crippen LogP) is -0.504. The molecule has 0 unspecified atom stereocenters. The van der Waals surface area contributed by atoms with E-state index in [0.717, 1.165) is 52.1 Å². The van der Waals surface area contributed by atoms with Crippen molar-refractivity contribution in [3.63, 3.8) is 0 Å². The van der Waals surface area contributed by atoms with Crippen LogP contribution in [0.3, 0.4) is 0 Å². The number of carbonyl (C=O) groups excluding carboxylic acids is 1. The molecule has 0 radical (unpaired) electrons. The molecule has 0 spiro atoms. The second-order valence-corrected chi connectivity index (χ2v) is 5.31. The fourth-order valence-electron chi connectivity index (χ4n) is 2.35. The van der Waals surface area contributed by atoms with Gasteiger partial charge in [0.25, 0.3) is 0 Å². The van der Waals surface area contributed by atoms with E-state index in [1.165, 1.54) is 6.42 Å². The van der Waals surface area contributed by atoms with E-state index in [1.54, 1.807) is 7.11 Å².